The number of aromatic amines is 1. The highest BCUT2D eigenvalue weighted by Gasteiger charge is 2.13. The van der Waals surface area contributed by atoms with Crippen LogP contribution in [-0.4, -0.2) is 28.6 Å². The molecule has 1 aromatic rings. The van der Waals surface area contributed by atoms with Gasteiger partial charge in [-0.1, -0.05) is 0 Å². The molecule has 0 bridgehead atoms. The first kappa shape index (κ1) is 12.8. The quantitative estimate of drug-likeness (QED) is 0.710. The first-order chi connectivity index (χ1) is 7.54. The van der Waals surface area contributed by atoms with Crippen LogP contribution in [0.15, 0.2) is 6.07 Å². The van der Waals surface area contributed by atoms with Gasteiger partial charge in [-0.05, 0) is 45.2 Å². The summed E-state index contributed by atoms with van der Waals surface area (Å²) >= 11 is 0. The molecule has 90 valence electrons. The van der Waals surface area contributed by atoms with Gasteiger partial charge in [0.1, 0.15) is 5.69 Å². The summed E-state index contributed by atoms with van der Waals surface area (Å²) in [7, 11) is 0. The third kappa shape index (κ3) is 3.38. The van der Waals surface area contributed by atoms with Crippen LogP contribution >= 0.6 is 0 Å². The number of hydrogen-bond acceptors (Lipinski definition) is 2. The molecule has 3 N–H and O–H groups in total. The first-order valence-corrected chi connectivity index (χ1v) is 5.62. The second-order valence-electron chi connectivity index (χ2n) is 4.25. The molecular formula is C12H20N2O2. The summed E-state index contributed by atoms with van der Waals surface area (Å²) in [5.41, 5.74) is 2.59. The number of amides is 1. The van der Waals surface area contributed by atoms with Crippen LogP contribution < -0.4 is 5.32 Å². The third-order valence-corrected chi connectivity index (χ3v) is 2.55. The number of aromatic nitrogens is 1. The van der Waals surface area contributed by atoms with Crippen LogP contribution in [0.5, 0.6) is 0 Å². The Kier molecular flexibility index (Phi) is 4.55. The molecule has 0 fully saturated rings. The van der Waals surface area contributed by atoms with Gasteiger partial charge in [0.15, 0.2) is 0 Å². The molecule has 0 radical (unpaired) electrons. The number of aryl methyl sites for hydroxylation is 2. The van der Waals surface area contributed by atoms with E-state index < -0.39 is 0 Å². The average Bonchev–Trinajstić information content (AvgIpc) is 2.54. The Morgan fingerprint density at radius 1 is 1.56 bits per heavy atom. The van der Waals surface area contributed by atoms with E-state index >= 15 is 0 Å². The summed E-state index contributed by atoms with van der Waals surface area (Å²) in [5.74, 6) is -0.0731. The Labute approximate surface area is 96.1 Å². The summed E-state index contributed by atoms with van der Waals surface area (Å²) in [5, 5.41) is 11.6. The maximum atomic E-state index is 11.8. The van der Waals surface area contributed by atoms with E-state index in [9.17, 15) is 4.79 Å². The highest BCUT2D eigenvalue weighted by molar-refractivity contribution is 5.94. The van der Waals surface area contributed by atoms with Gasteiger partial charge in [-0.2, -0.15) is 0 Å². The summed E-state index contributed by atoms with van der Waals surface area (Å²) in [6.45, 7) is 5.95. The minimum atomic E-state index is -0.0731. The maximum Gasteiger partial charge on any atom is 0.268 e. The van der Waals surface area contributed by atoms with Crippen LogP contribution in [0.1, 0.15) is 41.5 Å². The molecule has 1 amide bonds. The van der Waals surface area contributed by atoms with Gasteiger partial charge in [-0.15, -0.1) is 0 Å². The molecule has 0 aliphatic rings. The summed E-state index contributed by atoms with van der Waals surface area (Å²) in [6.07, 6.45) is 1.51. The highest BCUT2D eigenvalue weighted by Crippen LogP contribution is 2.09. The van der Waals surface area contributed by atoms with Crippen molar-refractivity contribution in [2.75, 3.05) is 6.61 Å². The van der Waals surface area contributed by atoms with Gasteiger partial charge >= 0.3 is 0 Å². The number of carbonyl (C=O) groups is 1. The van der Waals surface area contributed by atoms with Crippen molar-refractivity contribution < 1.29 is 9.90 Å². The van der Waals surface area contributed by atoms with E-state index in [1.165, 1.54) is 0 Å². The number of carbonyl (C=O) groups excluding carboxylic acids is 1. The molecule has 1 rings (SSSR count). The fraction of sp³-hybridized carbons (Fsp3) is 0.583. The van der Waals surface area contributed by atoms with E-state index in [0.29, 0.717) is 12.1 Å². The second kappa shape index (κ2) is 5.70. The Morgan fingerprint density at radius 3 is 2.75 bits per heavy atom. The zero-order chi connectivity index (χ0) is 12.1. The molecule has 0 saturated heterocycles. The summed E-state index contributed by atoms with van der Waals surface area (Å²) < 4.78 is 0. The lowest BCUT2D eigenvalue weighted by molar-refractivity contribution is 0.0931. The zero-order valence-corrected chi connectivity index (χ0v) is 10.1. The molecule has 1 aromatic heterocycles. The lowest BCUT2D eigenvalue weighted by atomic mass is 10.1. The van der Waals surface area contributed by atoms with Crippen LogP contribution in [-0.2, 0) is 0 Å². The third-order valence-electron chi connectivity index (χ3n) is 2.55. The molecule has 4 heteroatoms. The van der Waals surface area contributed by atoms with Crippen molar-refractivity contribution >= 4 is 5.91 Å². The van der Waals surface area contributed by atoms with Gasteiger partial charge in [-0.3, -0.25) is 4.79 Å². The monoisotopic (exact) mass is 224 g/mol. The van der Waals surface area contributed by atoms with Crippen LogP contribution in [0.25, 0.3) is 0 Å². The minimum Gasteiger partial charge on any atom is -0.396 e. The largest absolute Gasteiger partial charge is 0.396 e. The number of rotatable bonds is 5. The maximum absolute atomic E-state index is 11.8. The van der Waals surface area contributed by atoms with Crippen LogP contribution in [0.3, 0.4) is 0 Å². The van der Waals surface area contributed by atoms with Crippen molar-refractivity contribution in [3.63, 3.8) is 0 Å². The second-order valence-corrected chi connectivity index (χ2v) is 4.25. The molecule has 0 aliphatic heterocycles. The van der Waals surface area contributed by atoms with Gasteiger partial charge in [-0.25, -0.2) is 0 Å². The van der Waals surface area contributed by atoms with Gasteiger partial charge in [0.05, 0.1) is 0 Å². The van der Waals surface area contributed by atoms with E-state index in [1.807, 2.05) is 26.8 Å². The standard InChI is InChI=1S/C12H20N2O2/c1-8-7-10(3)13-11(8)12(16)14-9(2)5-4-6-15/h7,9,13,15H,4-6H2,1-3H3,(H,14,16). The van der Waals surface area contributed by atoms with Crippen LogP contribution in [0, 0.1) is 13.8 Å². The number of H-pyrrole nitrogens is 1. The zero-order valence-electron chi connectivity index (χ0n) is 10.1. The predicted molar refractivity (Wildman–Crippen MR) is 63.5 cm³/mol. The normalized spacial score (nSPS) is 12.5. The number of hydrogen-bond donors (Lipinski definition) is 3. The molecule has 0 saturated carbocycles. The van der Waals surface area contributed by atoms with E-state index in [0.717, 1.165) is 17.7 Å². The number of aliphatic hydroxyl groups is 1. The van der Waals surface area contributed by atoms with E-state index in [4.69, 9.17) is 5.11 Å². The molecule has 0 aromatic carbocycles. The van der Waals surface area contributed by atoms with Gasteiger partial charge in [0.2, 0.25) is 0 Å². The topological polar surface area (TPSA) is 65.1 Å². The van der Waals surface area contributed by atoms with Gasteiger partial charge in [0, 0.05) is 18.3 Å². The average molecular weight is 224 g/mol. The van der Waals surface area contributed by atoms with Gasteiger partial charge in [0.25, 0.3) is 5.91 Å². The fourth-order valence-corrected chi connectivity index (χ4v) is 1.73. The van der Waals surface area contributed by atoms with E-state index in [-0.39, 0.29) is 18.6 Å². The molecule has 1 unspecified atom stereocenters. The minimum absolute atomic E-state index is 0.0731. The predicted octanol–water partition coefficient (Wildman–Crippen LogP) is 1.52. The number of aliphatic hydroxyl groups excluding tert-OH is 1. The fourth-order valence-electron chi connectivity index (χ4n) is 1.73. The Morgan fingerprint density at radius 2 is 2.25 bits per heavy atom. The summed E-state index contributed by atoms with van der Waals surface area (Å²) in [4.78, 5) is 14.9. The van der Waals surface area contributed by atoms with Crippen LogP contribution in [0.4, 0.5) is 0 Å². The van der Waals surface area contributed by atoms with E-state index in [1.54, 1.807) is 0 Å². The van der Waals surface area contributed by atoms with E-state index in [2.05, 4.69) is 10.3 Å². The van der Waals surface area contributed by atoms with Crippen molar-refractivity contribution in [3.8, 4) is 0 Å². The Hall–Kier alpha value is -1.29. The Balaban J connectivity index is 2.55. The van der Waals surface area contributed by atoms with Gasteiger partial charge < -0.3 is 15.4 Å². The van der Waals surface area contributed by atoms with Crippen molar-refractivity contribution in [1.29, 1.82) is 0 Å². The van der Waals surface area contributed by atoms with Crippen molar-refractivity contribution in [3.05, 3.63) is 23.0 Å². The molecule has 0 aliphatic carbocycles. The summed E-state index contributed by atoms with van der Waals surface area (Å²) in [6, 6.07) is 2.04. The van der Waals surface area contributed by atoms with Crippen LogP contribution in [0.2, 0.25) is 0 Å². The SMILES string of the molecule is Cc1cc(C)c(C(=O)NC(C)CCCO)[nH]1. The molecule has 4 nitrogen and oxygen atoms in total. The molecular weight excluding hydrogens is 204 g/mol. The smallest absolute Gasteiger partial charge is 0.268 e. The number of nitrogens with one attached hydrogen (secondary N) is 2. The molecule has 1 atom stereocenters. The lowest BCUT2D eigenvalue weighted by Gasteiger charge is -2.12. The first-order valence-electron chi connectivity index (χ1n) is 5.62. The lowest BCUT2D eigenvalue weighted by Crippen LogP contribution is -2.33. The Bertz CT molecular complexity index is 358. The highest BCUT2D eigenvalue weighted by atomic mass is 16.2. The molecule has 0 spiro atoms. The molecule has 1 heterocycles. The van der Waals surface area contributed by atoms with Crippen molar-refractivity contribution in [1.82, 2.24) is 10.3 Å². The molecule has 16 heavy (non-hydrogen) atoms. The van der Waals surface area contributed by atoms with Crippen molar-refractivity contribution in [2.24, 2.45) is 0 Å². The van der Waals surface area contributed by atoms with Crippen molar-refractivity contribution in [2.45, 2.75) is 39.7 Å².